The van der Waals surface area contributed by atoms with E-state index >= 15 is 0 Å². The van der Waals surface area contributed by atoms with E-state index in [-0.39, 0.29) is 5.91 Å². The normalized spacial score (nSPS) is 9.50. The molecular weight excluding hydrogens is 224 g/mol. The van der Waals surface area contributed by atoms with Crippen molar-refractivity contribution in [2.24, 2.45) is 0 Å². The highest BCUT2D eigenvalue weighted by Crippen LogP contribution is 2.10. The van der Waals surface area contributed by atoms with Crippen molar-refractivity contribution in [1.82, 2.24) is 0 Å². The molecule has 16 heavy (non-hydrogen) atoms. The molecule has 0 atom stereocenters. The molecule has 0 aromatic heterocycles. The van der Waals surface area contributed by atoms with Crippen molar-refractivity contribution in [2.45, 2.75) is 19.3 Å². The van der Waals surface area contributed by atoms with Gasteiger partial charge in [0.15, 0.2) is 0 Å². The number of rotatable bonds is 5. The van der Waals surface area contributed by atoms with E-state index in [0.717, 1.165) is 11.3 Å². The molecule has 1 rings (SSSR count). The topological polar surface area (TPSA) is 52.9 Å². The van der Waals surface area contributed by atoms with Crippen LogP contribution in [-0.4, -0.2) is 11.8 Å². The van der Waals surface area contributed by atoms with E-state index in [2.05, 4.69) is 11.4 Å². The number of halogens is 1. The van der Waals surface area contributed by atoms with Crippen molar-refractivity contribution in [3.63, 3.8) is 0 Å². The van der Waals surface area contributed by atoms with Gasteiger partial charge in [0.05, 0.1) is 12.5 Å². The molecule has 3 nitrogen and oxygen atoms in total. The van der Waals surface area contributed by atoms with Gasteiger partial charge >= 0.3 is 0 Å². The zero-order chi connectivity index (χ0) is 11.8. The number of amides is 1. The molecule has 84 valence electrons. The van der Waals surface area contributed by atoms with E-state index in [9.17, 15) is 4.79 Å². The molecule has 0 spiro atoms. The van der Waals surface area contributed by atoms with E-state index in [1.807, 2.05) is 12.1 Å². The highest BCUT2D eigenvalue weighted by atomic mass is 35.5. The van der Waals surface area contributed by atoms with Crippen LogP contribution < -0.4 is 5.32 Å². The van der Waals surface area contributed by atoms with Gasteiger partial charge in [-0.2, -0.15) is 5.26 Å². The first-order valence-electron chi connectivity index (χ1n) is 5.08. The first-order chi connectivity index (χ1) is 7.76. The average Bonchev–Trinajstić information content (AvgIpc) is 2.29. The Bertz CT molecular complexity index is 381. The van der Waals surface area contributed by atoms with Gasteiger partial charge in [0.2, 0.25) is 5.91 Å². The van der Waals surface area contributed by atoms with Gasteiger partial charge in [-0.15, -0.1) is 11.6 Å². The van der Waals surface area contributed by atoms with Crippen LogP contribution in [0.4, 0.5) is 5.69 Å². The Hall–Kier alpha value is -1.53. The fourth-order valence-corrected chi connectivity index (χ4v) is 1.38. The molecule has 0 aliphatic rings. The van der Waals surface area contributed by atoms with Crippen LogP contribution in [0.3, 0.4) is 0 Å². The number of carbonyl (C=O) groups excluding carboxylic acids is 1. The fraction of sp³-hybridized carbons (Fsp3) is 0.333. The lowest BCUT2D eigenvalue weighted by Gasteiger charge is -2.04. The lowest BCUT2D eigenvalue weighted by molar-refractivity contribution is -0.116. The molecular formula is C12H13ClN2O. The van der Waals surface area contributed by atoms with Crippen molar-refractivity contribution >= 4 is 23.2 Å². The predicted molar refractivity (Wildman–Crippen MR) is 64.3 cm³/mol. The number of nitrogens with zero attached hydrogens (tertiary/aromatic N) is 1. The molecule has 1 amide bonds. The van der Waals surface area contributed by atoms with Gasteiger partial charge in [-0.25, -0.2) is 0 Å². The van der Waals surface area contributed by atoms with E-state index in [4.69, 9.17) is 16.9 Å². The monoisotopic (exact) mass is 236 g/mol. The summed E-state index contributed by atoms with van der Waals surface area (Å²) in [5, 5.41) is 11.3. The summed E-state index contributed by atoms with van der Waals surface area (Å²) in [5.74, 6) is 0.461. The molecule has 0 radical (unpaired) electrons. The van der Waals surface area contributed by atoms with Crippen LogP contribution in [0, 0.1) is 11.3 Å². The predicted octanol–water partition coefficient (Wildman–Crippen LogP) is 2.71. The molecule has 0 saturated heterocycles. The summed E-state index contributed by atoms with van der Waals surface area (Å²) in [6.07, 6.45) is 1.50. The number of benzene rings is 1. The maximum atomic E-state index is 11.4. The number of carbonyl (C=O) groups is 1. The Morgan fingerprint density at radius 3 is 2.62 bits per heavy atom. The molecule has 1 aromatic rings. The second kappa shape index (κ2) is 6.86. The second-order valence-corrected chi connectivity index (χ2v) is 3.75. The Morgan fingerprint density at radius 2 is 2.06 bits per heavy atom. The van der Waals surface area contributed by atoms with Crippen LogP contribution >= 0.6 is 11.6 Å². The highest BCUT2D eigenvalue weighted by molar-refractivity contribution is 6.18. The van der Waals surface area contributed by atoms with E-state index in [1.54, 1.807) is 12.1 Å². The highest BCUT2D eigenvalue weighted by Gasteiger charge is 2.01. The minimum absolute atomic E-state index is 0.0336. The molecule has 1 N–H and O–H groups in total. The third-order valence-corrected chi connectivity index (χ3v) is 2.33. The van der Waals surface area contributed by atoms with Gasteiger partial charge < -0.3 is 5.32 Å². The number of hydrogen-bond donors (Lipinski definition) is 1. The number of alkyl halides is 1. The van der Waals surface area contributed by atoms with Gasteiger partial charge in [-0.05, 0) is 24.1 Å². The lowest BCUT2D eigenvalue weighted by atomic mass is 10.1. The third kappa shape index (κ3) is 4.33. The number of anilines is 1. The van der Waals surface area contributed by atoms with Gasteiger partial charge in [0.25, 0.3) is 0 Å². The van der Waals surface area contributed by atoms with Crippen LogP contribution in [0.5, 0.6) is 0 Å². The molecule has 1 aromatic carbocycles. The Labute approximate surface area is 100 Å². The van der Waals surface area contributed by atoms with E-state index in [1.165, 1.54) is 0 Å². The molecule has 0 aliphatic heterocycles. The first-order valence-corrected chi connectivity index (χ1v) is 5.61. The average molecular weight is 237 g/mol. The van der Waals surface area contributed by atoms with Gasteiger partial charge in [-0.1, -0.05) is 12.1 Å². The van der Waals surface area contributed by atoms with Crippen molar-refractivity contribution in [2.75, 3.05) is 11.2 Å². The summed E-state index contributed by atoms with van der Waals surface area (Å²) in [4.78, 5) is 11.4. The minimum atomic E-state index is -0.0336. The maximum absolute atomic E-state index is 11.4. The van der Waals surface area contributed by atoms with Gasteiger partial charge in [-0.3, -0.25) is 4.79 Å². The quantitative estimate of drug-likeness (QED) is 0.800. The number of hydrogen-bond acceptors (Lipinski definition) is 2. The Kier molecular flexibility index (Phi) is 5.38. The largest absolute Gasteiger partial charge is 0.326 e. The van der Waals surface area contributed by atoms with Crippen LogP contribution in [0.15, 0.2) is 24.3 Å². The van der Waals surface area contributed by atoms with E-state index < -0.39 is 0 Å². The van der Waals surface area contributed by atoms with Crippen LogP contribution in [0.25, 0.3) is 0 Å². The second-order valence-electron chi connectivity index (χ2n) is 3.37. The Morgan fingerprint density at radius 1 is 1.38 bits per heavy atom. The molecule has 4 heteroatoms. The molecule has 0 heterocycles. The van der Waals surface area contributed by atoms with Crippen molar-refractivity contribution in [3.8, 4) is 6.07 Å². The van der Waals surface area contributed by atoms with Crippen LogP contribution in [-0.2, 0) is 11.2 Å². The summed E-state index contributed by atoms with van der Waals surface area (Å²) in [5.41, 5.74) is 1.70. The SMILES string of the molecule is N#CCc1ccc(NC(=O)CCCCl)cc1. The zero-order valence-corrected chi connectivity index (χ0v) is 9.63. The smallest absolute Gasteiger partial charge is 0.224 e. The summed E-state index contributed by atoms with van der Waals surface area (Å²) in [6, 6.07) is 9.33. The fourth-order valence-electron chi connectivity index (χ4n) is 1.25. The third-order valence-electron chi connectivity index (χ3n) is 2.06. The van der Waals surface area contributed by atoms with E-state index in [0.29, 0.717) is 25.1 Å². The van der Waals surface area contributed by atoms with Crippen molar-refractivity contribution in [3.05, 3.63) is 29.8 Å². The maximum Gasteiger partial charge on any atom is 0.224 e. The lowest BCUT2D eigenvalue weighted by Crippen LogP contribution is -2.11. The molecule has 0 bridgehead atoms. The van der Waals surface area contributed by atoms with Crippen molar-refractivity contribution in [1.29, 1.82) is 5.26 Å². The van der Waals surface area contributed by atoms with Crippen LogP contribution in [0.1, 0.15) is 18.4 Å². The zero-order valence-electron chi connectivity index (χ0n) is 8.87. The standard InChI is InChI=1S/C12H13ClN2O/c13-8-1-2-12(16)15-11-5-3-10(4-6-11)7-9-14/h3-6H,1-2,7-8H2,(H,15,16). The summed E-state index contributed by atoms with van der Waals surface area (Å²) in [7, 11) is 0. The minimum Gasteiger partial charge on any atom is -0.326 e. The van der Waals surface area contributed by atoms with Crippen LogP contribution in [0.2, 0.25) is 0 Å². The van der Waals surface area contributed by atoms with Gasteiger partial charge in [0, 0.05) is 18.0 Å². The van der Waals surface area contributed by atoms with Gasteiger partial charge in [0.1, 0.15) is 0 Å². The summed E-state index contributed by atoms with van der Waals surface area (Å²) < 4.78 is 0. The van der Waals surface area contributed by atoms with Crippen molar-refractivity contribution < 1.29 is 4.79 Å². The molecule has 0 aliphatic carbocycles. The summed E-state index contributed by atoms with van der Waals surface area (Å²) >= 11 is 5.49. The Balaban J connectivity index is 2.49. The first kappa shape index (κ1) is 12.5. The summed E-state index contributed by atoms with van der Waals surface area (Å²) in [6.45, 7) is 0. The molecule has 0 unspecified atom stereocenters. The number of nitrogens with one attached hydrogen (secondary N) is 1. The molecule has 0 saturated carbocycles. The molecule has 0 fully saturated rings. The number of nitriles is 1.